The molecule has 13 heavy (non-hydrogen) atoms. The van der Waals surface area contributed by atoms with Crippen LogP contribution in [0.4, 0.5) is 4.39 Å². The molecule has 0 spiro atoms. The van der Waals surface area contributed by atoms with E-state index in [1.54, 1.807) is 0 Å². The summed E-state index contributed by atoms with van der Waals surface area (Å²) >= 11 is 3.14. The smallest absolute Gasteiger partial charge is 0.339 e. The van der Waals surface area contributed by atoms with Gasteiger partial charge in [-0.1, -0.05) is 15.9 Å². The Hall–Kier alpha value is -0.970. The fourth-order valence-corrected chi connectivity index (χ4v) is 1.34. The predicted octanol–water partition coefficient (Wildman–Crippen LogP) is 1.90. The standard InChI is InChI=1S/C8H7BrFNO2/c1-13-8(12)6-4-11-7(10)2-5(6)3-9/h2,4H,3H2,1H3. The number of rotatable bonds is 2. The monoisotopic (exact) mass is 247 g/mol. The fraction of sp³-hybridized carbons (Fsp3) is 0.250. The van der Waals surface area contributed by atoms with Gasteiger partial charge in [0.05, 0.1) is 12.7 Å². The highest BCUT2D eigenvalue weighted by Gasteiger charge is 2.12. The lowest BCUT2D eigenvalue weighted by molar-refractivity contribution is 0.0599. The Labute approximate surface area is 83.1 Å². The number of esters is 1. The van der Waals surface area contributed by atoms with Crippen LogP contribution in [0.15, 0.2) is 12.3 Å². The number of nitrogens with zero attached hydrogens (tertiary/aromatic N) is 1. The first-order valence-electron chi connectivity index (χ1n) is 3.47. The van der Waals surface area contributed by atoms with E-state index >= 15 is 0 Å². The lowest BCUT2D eigenvalue weighted by Gasteiger charge is -2.03. The molecule has 0 unspecified atom stereocenters. The van der Waals surface area contributed by atoms with Crippen molar-refractivity contribution < 1.29 is 13.9 Å². The van der Waals surface area contributed by atoms with Crippen LogP contribution in [0, 0.1) is 5.95 Å². The first-order chi connectivity index (χ1) is 6.19. The van der Waals surface area contributed by atoms with Crippen LogP contribution in [-0.4, -0.2) is 18.1 Å². The quantitative estimate of drug-likeness (QED) is 0.456. The van der Waals surface area contributed by atoms with E-state index in [0.29, 0.717) is 10.9 Å². The second kappa shape index (κ2) is 4.32. The van der Waals surface area contributed by atoms with Crippen molar-refractivity contribution in [1.82, 2.24) is 4.98 Å². The molecule has 1 heterocycles. The Balaban J connectivity index is 3.13. The summed E-state index contributed by atoms with van der Waals surface area (Å²) in [7, 11) is 1.27. The second-order valence-electron chi connectivity index (χ2n) is 2.29. The van der Waals surface area contributed by atoms with E-state index in [1.807, 2.05) is 0 Å². The van der Waals surface area contributed by atoms with Gasteiger partial charge in [0.2, 0.25) is 5.95 Å². The zero-order valence-electron chi connectivity index (χ0n) is 6.88. The Morgan fingerprint density at radius 2 is 2.46 bits per heavy atom. The summed E-state index contributed by atoms with van der Waals surface area (Å²) in [5, 5.41) is 0.386. The number of aromatic nitrogens is 1. The highest BCUT2D eigenvalue weighted by Crippen LogP contribution is 2.13. The molecule has 0 aliphatic carbocycles. The number of alkyl halides is 1. The summed E-state index contributed by atoms with van der Waals surface area (Å²) in [4.78, 5) is 14.5. The van der Waals surface area contributed by atoms with Crippen molar-refractivity contribution in [2.45, 2.75) is 5.33 Å². The number of pyridine rings is 1. The Morgan fingerprint density at radius 3 is 3.00 bits per heavy atom. The molecule has 3 nitrogen and oxygen atoms in total. The van der Waals surface area contributed by atoms with Crippen molar-refractivity contribution in [3.8, 4) is 0 Å². The van der Waals surface area contributed by atoms with Crippen molar-refractivity contribution in [3.63, 3.8) is 0 Å². The third kappa shape index (κ3) is 2.24. The van der Waals surface area contributed by atoms with E-state index in [9.17, 15) is 9.18 Å². The van der Waals surface area contributed by atoms with Crippen LogP contribution in [0.3, 0.4) is 0 Å². The Kier molecular flexibility index (Phi) is 3.36. The minimum Gasteiger partial charge on any atom is -0.465 e. The number of ether oxygens (including phenoxy) is 1. The fourth-order valence-electron chi connectivity index (χ4n) is 0.872. The van der Waals surface area contributed by atoms with Crippen LogP contribution in [0.5, 0.6) is 0 Å². The molecule has 0 aliphatic heterocycles. The lowest BCUT2D eigenvalue weighted by atomic mass is 10.2. The number of hydrogen-bond acceptors (Lipinski definition) is 3. The van der Waals surface area contributed by atoms with Gasteiger partial charge in [-0.15, -0.1) is 0 Å². The van der Waals surface area contributed by atoms with E-state index in [1.165, 1.54) is 13.2 Å². The van der Waals surface area contributed by atoms with E-state index < -0.39 is 11.9 Å². The summed E-state index contributed by atoms with van der Waals surface area (Å²) in [5.74, 6) is -1.12. The third-order valence-electron chi connectivity index (χ3n) is 1.51. The minimum absolute atomic E-state index is 0.278. The van der Waals surface area contributed by atoms with Crippen molar-refractivity contribution in [1.29, 1.82) is 0 Å². The number of carbonyl (C=O) groups excluding carboxylic acids is 1. The Morgan fingerprint density at radius 1 is 1.77 bits per heavy atom. The van der Waals surface area contributed by atoms with Gasteiger partial charge in [0, 0.05) is 11.5 Å². The SMILES string of the molecule is COC(=O)c1cnc(F)cc1CBr. The van der Waals surface area contributed by atoms with Crippen molar-refractivity contribution >= 4 is 21.9 Å². The topological polar surface area (TPSA) is 39.2 Å². The summed E-state index contributed by atoms with van der Waals surface area (Å²) in [6, 6.07) is 1.20. The van der Waals surface area contributed by atoms with Crippen molar-refractivity contribution in [2.75, 3.05) is 7.11 Å². The maximum Gasteiger partial charge on any atom is 0.339 e. The van der Waals surface area contributed by atoms with Crippen LogP contribution < -0.4 is 0 Å². The molecule has 0 saturated heterocycles. The average Bonchev–Trinajstić information content (AvgIpc) is 2.16. The molecular weight excluding hydrogens is 241 g/mol. The maximum atomic E-state index is 12.6. The van der Waals surface area contributed by atoms with Crippen LogP contribution in [0.1, 0.15) is 15.9 Å². The van der Waals surface area contributed by atoms with Crippen LogP contribution >= 0.6 is 15.9 Å². The molecule has 0 N–H and O–H groups in total. The summed E-state index contributed by atoms with van der Waals surface area (Å²) < 4.78 is 17.1. The first-order valence-corrected chi connectivity index (χ1v) is 4.60. The molecule has 0 atom stereocenters. The largest absolute Gasteiger partial charge is 0.465 e. The molecule has 70 valence electrons. The molecule has 1 aromatic heterocycles. The van der Waals surface area contributed by atoms with Gasteiger partial charge in [0.1, 0.15) is 0 Å². The zero-order valence-corrected chi connectivity index (χ0v) is 8.47. The molecule has 0 aromatic carbocycles. The molecule has 0 radical (unpaired) electrons. The summed E-state index contributed by atoms with van der Waals surface area (Å²) in [5.41, 5.74) is 0.806. The minimum atomic E-state index is -0.609. The molecule has 5 heteroatoms. The van der Waals surface area contributed by atoms with E-state index in [4.69, 9.17) is 0 Å². The van der Waals surface area contributed by atoms with Gasteiger partial charge in [0.15, 0.2) is 0 Å². The van der Waals surface area contributed by atoms with Gasteiger partial charge >= 0.3 is 5.97 Å². The molecule has 0 saturated carbocycles. The number of hydrogen-bond donors (Lipinski definition) is 0. The molecular formula is C8H7BrFNO2. The third-order valence-corrected chi connectivity index (χ3v) is 2.11. The van der Waals surface area contributed by atoms with Gasteiger partial charge in [-0.25, -0.2) is 9.78 Å². The molecule has 0 fully saturated rings. The van der Waals surface area contributed by atoms with Gasteiger partial charge in [-0.3, -0.25) is 0 Å². The highest BCUT2D eigenvalue weighted by molar-refractivity contribution is 9.08. The average molecular weight is 248 g/mol. The number of carbonyl (C=O) groups is 1. The molecule has 1 rings (SSSR count). The van der Waals surface area contributed by atoms with E-state index in [0.717, 1.165) is 6.20 Å². The van der Waals surface area contributed by atoms with E-state index in [2.05, 4.69) is 25.7 Å². The predicted molar refractivity (Wildman–Crippen MR) is 48.2 cm³/mol. The van der Waals surface area contributed by atoms with Gasteiger partial charge < -0.3 is 4.74 Å². The summed E-state index contributed by atoms with van der Waals surface area (Å²) in [6.45, 7) is 0. The lowest BCUT2D eigenvalue weighted by Crippen LogP contribution is -2.06. The van der Waals surface area contributed by atoms with Gasteiger partial charge in [-0.2, -0.15) is 4.39 Å². The van der Waals surface area contributed by atoms with Crippen LogP contribution in [-0.2, 0) is 10.1 Å². The maximum absolute atomic E-state index is 12.6. The Bertz CT molecular complexity index is 330. The second-order valence-corrected chi connectivity index (χ2v) is 2.85. The summed E-state index contributed by atoms with van der Waals surface area (Å²) in [6.07, 6.45) is 1.16. The normalized spacial score (nSPS) is 9.77. The molecule has 0 bridgehead atoms. The first kappa shape index (κ1) is 10.1. The van der Waals surface area contributed by atoms with Crippen molar-refractivity contribution in [3.05, 3.63) is 29.3 Å². The zero-order chi connectivity index (χ0) is 9.84. The number of methoxy groups -OCH3 is 1. The molecule has 0 amide bonds. The molecule has 0 aliphatic rings. The highest BCUT2D eigenvalue weighted by atomic mass is 79.9. The van der Waals surface area contributed by atoms with Crippen molar-refractivity contribution in [2.24, 2.45) is 0 Å². The molecule has 1 aromatic rings. The van der Waals surface area contributed by atoms with E-state index in [-0.39, 0.29) is 5.56 Å². The van der Waals surface area contributed by atoms with Gasteiger partial charge in [-0.05, 0) is 11.6 Å². The number of halogens is 2. The van der Waals surface area contributed by atoms with Crippen LogP contribution in [0.2, 0.25) is 0 Å². The van der Waals surface area contributed by atoms with Gasteiger partial charge in [0.25, 0.3) is 0 Å². The van der Waals surface area contributed by atoms with Crippen LogP contribution in [0.25, 0.3) is 0 Å².